The van der Waals surface area contributed by atoms with Crippen LogP contribution in [0.3, 0.4) is 0 Å². The highest BCUT2D eigenvalue weighted by molar-refractivity contribution is 5.26. The Labute approximate surface area is 86.4 Å². The second-order valence-corrected chi connectivity index (χ2v) is 3.29. The van der Waals surface area contributed by atoms with Crippen LogP contribution in [-0.2, 0) is 6.54 Å². The van der Waals surface area contributed by atoms with Crippen LogP contribution in [0.25, 0.3) is 0 Å². The van der Waals surface area contributed by atoms with E-state index in [1.807, 2.05) is 0 Å². The summed E-state index contributed by atoms with van der Waals surface area (Å²) in [4.78, 5) is 0. The molecule has 84 valence electrons. The average molecular weight is 217 g/mol. The molecule has 3 nitrogen and oxygen atoms in total. The number of aromatic hydroxyl groups is 1. The van der Waals surface area contributed by atoms with Gasteiger partial charge in [-0.2, -0.15) is 0 Å². The van der Waals surface area contributed by atoms with E-state index in [0.717, 1.165) is 0 Å². The normalized spacial score (nSPS) is 11.7. The summed E-state index contributed by atoms with van der Waals surface area (Å²) in [6.45, 7) is -1.52. The maximum absolute atomic E-state index is 12.6. The predicted octanol–water partition coefficient (Wildman–Crippen LogP) is 1.11. The number of hydrogen-bond acceptors (Lipinski definition) is 3. The second kappa shape index (κ2) is 5.04. The summed E-state index contributed by atoms with van der Waals surface area (Å²) in [7, 11) is 0. The summed E-state index contributed by atoms with van der Waals surface area (Å²) in [6.07, 6.45) is 0. The lowest BCUT2D eigenvalue weighted by atomic mass is 10.2. The summed E-state index contributed by atoms with van der Waals surface area (Å²) in [6, 6.07) is 6.34. The van der Waals surface area contributed by atoms with Crippen molar-refractivity contribution in [2.24, 2.45) is 0 Å². The van der Waals surface area contributed by atoms with Gasteiger partial charge < -0.3 is 15.5 Å². The highest BCUT2D eigenvalue weighted by Gasteiger charge is 2.26. The van der Waals surface area contributed by atoms with Crippen molar-refractivity contribution in [3.05, 3.63) is 29.8 Å². The maximum atomic E-state index is 12.6. The van der Waals surface area contributed by atoms with Gasteiger partial charge in [-0.15, -0.1) is 0 Å². The van der Waals surface area contributed by atoms with E-state index in [1.165, 1.54) is 12.1 Å². The van der Waals surface area contributed by atoms with E-state index < -0.39 is 19.1 Å². The molecule has 0 bridgehead atoms. The van der Waals surface area contributed by atoms with Gasteiger partial charge in [0.1, 0.15) is 12.4 Å². The van der Waals surface area contributed by atoms with Gasteiger partial charge in [-0.25, -0.2) is 8.78 Å². The van der Waals surface area contributed by atoms with Gasteiger partial charge in [-0.05, 0) is 17.7 Å². The molecule has 0 amide bonds. The van der Waals surface area contributed by atoms with Crippen LogP contribution in [0, 0.1) is 0 Å². The van der Waals surface area contributed by atoms with Gasteiger partial charge >= 0.3 is 0 Å². The van der Waals surface area contributed by atoms with Gasteiger partial charge in [0.25, 0.3) is 5.92 Å². The fraction of sp³-hybridized carbons (Fsp3) is 0.400. The molecule has 0 radical (unpaired) electrons. The summed E-state index contributed by atoms with van der Waals surface area (Å²) < 4.78 is 25.1. The Morgan fingerprint density at radius 2 is 2.07 bits per heavy atom. The number of alkyl halides is 2. The smallest absolute Gasteiger partial charge is 0.282 e. The largest absolute Gasteiger partial charge is 0.508 e. The van der Waals surface area contributed by atoms with Crippen molar-refractivity contribution in [2.45, 2.75) is 12.5 Å². The van der Waals surface area contributed by atoms with Crippen LogP contribution in [-0.4, -0.2) is 29.3 Å². The number of benzene rings is 1. The minimum atomic E-state index is -3.10. The monoisotopic (exact) mass is 217 g/mol. The van der Waals surface area contributed by atoms with E-state index in [1.54, 1.807) is 12.1 Å². The molecule has 0 unspecified atom stereocenters. The molecule has 0 saturated heterocycles. The third-order valence-corrected chi connectivity index (χ3v) is 1.85. The predicted molar refractivity (Wildman–Crippen MR) is 51.8 cm³/mol. The van der Waals surface area contributed by atoms with E-state index in [4.69, 9.17) is 10.2 Å². The molecule has 3 N–H and O–H groups in total. The van der Waals surface area contributed by atoms with Crippen LogP contribution in [0.15, 0.2) is 24.3 Å². The number of halogens is 2. The summed E-state index contributed by atoms with van der Waals surface area (Å²) in [5.41, 5.74) is 0.712. The number of nitrogens with one attached hydrogen (secondary N) is 1. The van der Waals surface area contributed by atoms with Gasteiger partial charge in [0, 0.05) is 6.54 Å². The third-order valence-electron chi connectivity index (χ3n) is 1.85. The Balaban J connectivity index is 2.38. The van der Waals surface area contributed by atoms with Crippen LogP contribution >= 0.6 is 0 Å². The Bertz CT molecular complexity index is 318. The molecule has 0 heterocycles. The van der Waals surface area contributed by atoms with Gasteiger partial charge in [-0.3, -0.25) is 0 Å². The lowest BCUT2D eigenvalue weighted by Gasteiger charge is -2.13. The number of rotatable bonds is 5. The number of phenolic OH excluding ortho intramolecular Hbond substituents is 1. The molecular formula is C10H13F2NO2. The van der Waals surface area contributed by atoms with E-state index in [-0.39, 0.29) is 12.3 Å². The van der Waals surface area contributed by atoms with E-state index >= 15 is 0 Å². The fourth-order valence-corrected chi connectivity index (χ4v) is 1.11. The van der Waals surface area contributed by atoms with Gasteiger partial charge in [0.05, 0.1) is 6.54 Å². The zero-order valence-corrected chi connectivity index (χ0v) is 8.08. The fourth-order valence-electron chi connectivity index (χ4n) is 1.11. The summed E-state index contributed by atoms with van der Waals surface area (Å²) >= 11 is 0. The Morgan fingerprint density at radius 3 is 2.67 bits per heavy atom. The van der Waals surface area contributed by atoms with Crippen molar-refractivity contribution >= 4 is 0 Å². The molecule has 0 atom stereocenters. The second-order valence-electron chi connectivity index (χ2n) is 3.29. The number of aliphatic hydroxyl groups is 1. The molecule has 1 aromatic carbocycles. The first-order valence-electron chi connectivity index (χ1n) is 4.51. The summed E-state index contributed by atoms with van der Waals surface area (Å²) in [5.74, 6) is -3.00. The van der Waals surface area contributed by atoms with Gasteiger partial charge in [0.15, 0.2) is 0 Å². The molecule has 1 aromatic rings. The number of hydrogen-bond donors (Lipinski definition) is 3. The van der Waals surface area contributed by atoms with Crippen molar-refractivity contribution < 1.29 is 19.0 Å². The molecule has 0 spiro atoms. The van der Waals surface area contributed by atoms with Crippen LogP contribution in [0.2, 0.25) is 0 Å². The van der Waals surface area contributed by atoms with Crippen LogP contribution in [0.1, 0.15) is 5.56 Å². The summed E-state index contributed by atoms with van der Waals surface area (Å²) in [5, 5.41) is 19.9. The van der Waals surface area contributed by atoms with E-state index in [0.29, 0.717) is 5.56 Å². The molecule has 15 heavy (non-hydrogen) atoms. The van der Waals surface area contributed by atoms with Gasteiger partial charge in [-0.1, -0.05) is 12.1 Å². The molecule has 0 fully saturated rings. The highest BCUT2D eigenvalue weighted by Crippen LogP contribution is 2.12. The minimum Gasteiger partial charge on any atom is -0.508 e. The highest BCUT2D eigenvalue weighted by atomic mass is 19.3. The number of aliphatic hydroxyl groups excluding tert-OH is 1. The zero-order chi connectivity index (χ0) is 11.3. The average Bonchev–Trinajstić information content (AvgIpc) is 2.18. The molecule has 0 aromatic heterocycles. The lowest BCUT2D eigenvalue weighted by Crippen LogP contribution is -2.35. The van der Waals surface area contributed by atoms with Crippen molar-refractivity contribution in [1.29, 1.82) is 0 Å². The molecule has 0 saturated carbocycles. The first-order valence-corrected chi connectivity index (χ1v) is 4.51. The minimum absolute atomic E-state index is 0.100. The Kier molecular flexibility index (Phi) is 3.99. The molecule has 1 rings (SSSR count). The Morgan fingerprint density at radius 1 is 1.33 bits per heavy atom. The van der Waals surface area contributed by atoms with E-state index in [2.05, 4.69) is 5.32 Å². The quantitative estimate of drug-likeness (QED) is 0.692. The molecule has 5 heteroatoms. The molecule has 0 aliphatic rings. The van der Waals surface area contributed by atoms with Crippen LogP contribution in [0.5, 0.6) is 5.75 Å². The zero-order valence-electron chi connectivity index (χ0n) is 8.08. The number of phenols is 1. The van der Waals surface area contributed by atoms with Crippen LogP contribution in [0.4, 0.5) is 8.78 Å². The van der Waals surface area contributed by atoms with Crippen molar-refractivity contribution in [2.75, 3.05) is 13.2 Å². The van der Waals surface area contributed by atoms with Gasteiger partial charge in [0.2, 0.25) is 0 Å². The molecular weight excluding hydrogens is 204 g/mol. The lowest BCUT2D eigenvalue weighted by molar-refractivity contribution is -0.0477. The standard InChI is InChI=1S/C10H13F2NO2/c11-10(12,7-14)6-13-5-8-2-1-3-9(15)4-8/h1-4,13-15H,5-7H2. The topological polar surface area (TPSA) is 52.5 Å². The maximum Gasteiger partial charge on any atom is 0.282 e. The first kappa shape index (κ1) is 11.9. The molecule has 0 aliphatic heterocycles. The van der Waals surface area contributed by atoms with Crippen molar-refractivity contribution in [1.82, 2.24) is 5.32 Å². The third kappa shape index (κ3) is 4.22. The van der Waals surface area contributed by atoms with Crippen LogP contribution < -0.4 is 5.32 Å². The van der Waals surface area contributed by atoms with E-state index in [9.17, 15) is 8.78 Å². The first-order chi connectivity index (χ1) is 7.03. The Hall–Kier alpha value is -1.20. The molecule has 0 aliphatic carbocycles. The van der Waals surface area contributed by atoms with Crippen molar-refractivity contribution in [3.63, 3.8) is 0 Å². The SMILES string of the molecule is OCC(F)(F)CNCc1cccc(O)c1. The van der Waals surface area contributed by atoms with Crippen molar-refractivity contribution in [3.8, 4) is 5.75 Å².